The highest BCUT2D eigenvalue weighted by molar-refractivity contribution is 5.69. The van der Waals surface area contributed by atoms with Crippen molar-refractivity contribution in [2.75, 3.05) is 5.73 Å². The highest BCUT2D eigenvalue weighted by Gasteiger charge is 2.32. The number of halogens is 3. The molecular weight excluding hydrogens is 257 g/mol. The summed E-state index contributed by atoms with van der Waals surface area (Å²) in [6.45, 7) is 1.85. The minimum absolute atomic E-state index is 0.0679. The number of ether oxygens (including phenoxy) is 1. The summed E-state index contributed by atoms with van der Waals surface area (Å²) >= 11 is 0. The lowest BCUT2D eigenvalue weighted by atomic mass is 10.1. The fourth-order valence-corrected chi connectivity index (χ4v) is 1.64. The molecule has 0 saturated carbocycles. The monoisotopic (exact) mass is 268 g/mol. The van der Waals surface area contributed by atoms with E-state index in [4.69, 9.17) is 5.73 Å². The van der Waals surface area contributed by atoms with E-state index in [-0.39, 0.29) is 5.69 Å². The van der Waals surface area contributed by atoms with Crippen LogP contribution in [-0.2, 0) is 0 Å². The van der Waals surface area contributed by atoms with Crippen LogP contribution < -0.4 is 10.5 Å². The van der Waals surface area contributed by atoms with Crippen LogP contribution in [0.4, 0.5) is 18.9 Å². The van der Waals surface area contributed by atoms with E-state index in [2.05, 4.69) is 9.72 Å². The zero-order valence-corrected chi connectivity index (χ0v) is 10.0. The number of aryl methyl sites for hydroxylation is 1. The standard InChI is InChI=1S/C13H11F3N2O/c1-8-4-10(7-18-6-8)9-2-3-11(17)12(5-9)19-13(14,15)16/h2-7H,17H2,1H3. The molecule has 100 valence electrons. The van der Waals surface area contributed by atoms with E-state index in [0.29, 0.717) is 11.1 Å². The van der Waals surface area contributed by atoms with Crippen LogP contribution in [0.25, 0.3) is 11.1 Å². The zero-order valence-electron chi connectivity index (χ0n) is 10.0. The SMILES string of the molecule is Cc1cncc(-c2ccc(N)c(OC(F)(F)F)c2)c1. The Morgan fingerprint density at radius 3 is 2.47 bits per heavy atom. The molecule has 1 aromatic carbocycles. The molecule has 0 bridgehead atoms. The second kappa shape index (κ2) is 4.79. The number of hydrogen-bond acceptors (Lipinski definition) is 3. The van der Waals surface area contributed by atoms with Crippen molar-refractivity contribution in [1.82, 2.24) is 4.98 Å². The Kier molecular flexibility index (Phi) is 3.33. The molecule has 6 heteroatoms. The van der Waals surface area contributed by atoms with Crippen molar-refractivity contribution in [1.29, 1.82) is 0 Å². The molecule has 0 saturated heterocycles. The molecule has 0 atom stereocenters. The summed E-state index contributed by atoms with van der Waals surface area (Å²) in [5, 5.41) is 0. The van der Waals surface area contributed by atoms with E-state index in [1.54, 1.807) is 18.5 Å². The van der Waals surface area contributed by atoms with Gasteiger partial charge in [0.2, 0.25) is 0 Å². The first-order valence-electron chi connectivity index (χ1n) is 5.42. The van der Waals surface area contributed by atoms with E-state index in [1.807, 2.05) is 13.0 Å². The number of aromatic nitrogens is 1. The van der Waals surface area contributed by atoms with Crippen molar-refractivity contribution >= 4 is 5.69 Å². The molecule has 0 unspecified atom stereocenters. The lowest BCUT2D eigenvalue weighted by molar-refractivity contribution is -0.274. The summed E-state index contributed by atoms with van der Waals surface area (Å²) in [5.74, 6) is -0.411. The molecule has 2 aromatic rings. The third kappa shape index (κ3) is 3.37. The molecule has 3 nitrogen and oxygen atoms in total. The van der Waals surface area contributed by atoms with Crippen LogP contribution in [0.2, 0.25) is 0 Å². The maximum Gasteiger partial charge on any atom is 0.573 e. The van der Waals surface area contributed by atoms with E-state index < -0.39 is 12.1 Å². The zero-order chi connectivity index (χ0) is 14.0. The summed E-state index contributed by atoms with van der Waals surface area (Å²) in [6, 6.07) is 6.06. The average Bonchev–Trinajstić information content (AvgIpc) is 2.30. The summed E-state index contributed by atoms with van der Waals surface area (Å²) < 4.78 is 40.6. The summed E-state index contributed by atoms with van der Waals surface area (Å²) in [7, 11) is 0. The van der Waals surface area contributed by atoms with Gasteiger partial charge in [-0.3, -0.25) is 4.98 Å². The van der Waals surface area contributed by atoms with E-state index >= 15 is 0 Å². The van der Waals surface area contributed by atoms with Crippen LogP contribution >= 0.6 is 0 Å². The Hall–Kier alpha value is -2.24. The number of pyridine rings is 1. The van der Waals surface area contributed by atoms with Gasteiger partial charge < -0.3 is 10.5 Å². The lowest BCUT2D eigenvalue weighted by Crippen LogP contribution is -2.18. The number of hydrogen-bond donors (Lipinski definition) is 1. The molecule has 0 fully saturated rings. The Balaban J connectivity index is 2.41. The van der Waals surface area contributed by atoms with Gasteiger partial charge in [0.25, 0.3) is 0 Å². The summed E-state index contributed by atoms with van der Waals surface area (Å²) in [6.07, 6.45) is -1.54. The number of benzene rings is 1. The van der Waals surface area contributed by atoms with Crippen LogP contribution in [0.1, 0.15) is 5.56 Å². The molecule has 2 N–H and O–H groups in total. The quantitative estimate of drug-likeness (QED) is 0.847. The van der Waals surface area contributed by atoms with Gasteiger partial charge in [-0.25, -0.2) is 0 Å². The molecule has 0 spiro atoms. The second-order valence-electron chi connectivity index (χ2n) is 4.05. The molecule has 0 aliphatic heterocycles. The van der Waals surface area contributed by atoms with Gasteiger partial charge >= 0.3 is 6.36 Å². The van der Waals surface area contributed by atoms with Gasteiger partial charge in [0.1, 0.15) is 0 Å². The van der Waals surface area contributed by atoms with Crippen LogP contribution in [0.5, 0.6) is 5.75 Å². The number of alkyl halides is 3. The van der Waals surface area contributed by atoms with Gasteiger partial charge in [0.15, 0.2) is 5.75 Å². The van der Waals surface area contributed by atoms with E-state index in [1.165, 1.54) is 12.1 Å². The molecule has 2 rings (SSSR count). The van der Waals surface area contributed by atoms with Crippen molar-refractivity contribution in [3.63, 3.8) is 0 Å². The van der Waals surface area contributed by atoms with Crippen molar-refractivity contribution in [3.05, 3.63) is 42.2 Å². The van der Waals surface area contributed by atoms with Crippen LogP contribution in [0.15, 0.2) is 36.7 Å². The van der Waals surface area contributed by atoms with Crippen LogP contribution in [0, 0.1) is 6.92 Å². The van der Waals surface area contributed by atoms with Gasteiger partial charge in [-0.15, -0.1) is 13.2 Å². The molecule has 0 aliphatic rings. The molecule has 1 aromatic heterocycles. The van der Waals surface area contributed by atoms with E-state index in [0.717, 1.165) is 5.56 Å². The van der Waals surface area contributed by atoms with Gasteiger partial charge in [-0.05, 0) is 36.2 Å². The normalized spacial score (nSPS) is 11.4. The third-order valence-corrected chi connectivity index (χ3v) is 2.45. The largest absolute Gasteiger partial charge is 0.573 e. The number of rotatable bonds is 2. The van der Waals surface area contributed by atoms with Gasteiger partial charge in [-0.1, -0.05) is 6.07 Å². The van der Waals surface area contributed by atoms with Crippen molar-refractivity contribution < 1.29 is 17.9 Å². The topological polar surface area (TPSA) is 48.1 Å². The molecule has 0 aliphatic carbocycles. The first-order chi connectivity index (χ1) is 8.85. The predicted molar refractivity (Wildman–Crippen MR) is 65.5 cm³/mol. The Morgan fingerprint density at radius 1 is 1.11 bits per heavy atom. The van der Waals surface area contributed by atoms with E-state index in [9.17, 15) is 13.2 Å². The van der Waals surface area contributed by atoms with Crippen LogP contribution in [-0.4, -0.2) is 11.3 Å². The molecule has 1 heterocycles. The first kappa shape index (κ1) is 13.2. The maximum atomic E-state index is 12.2. The fourth-order valence-electron chi connectivity index (χ4n) is 1.64. The lowest BCUT2D eigenvalue weighted by Gasteiger charge is -2.12. The highest BCUT2D eigenvalue weighted by Crippen LogP contribution is 2.32. The van der Waals surface area contributed by atoms with Crippen molar-refractivity contribution in [3.8, 4) is 16.9 Å². The number of nitrogen functional groups attached to an aromatic ring is 1. The number of nitrogens with two attached hydrogens (primary N) is 1. The van der Waals surface area contributed by atoms with Crippen molar-refractivity contribution in [2.45, 2.75) is 13.3 Å². The van der Waals surface area contributed by atoms with Gasteiger partial charge in [0.05, 0.1) is 5.69 Å². The minimum Gasteiger partial charge on any atom is -0.404 e. The summed E-state index contributed by atoms with van der Waals surface area (Å²) in [4.78, 5) is 3.99. The first-order valence-corrected chi connectivity index (χ1v) is 5.42. The van der Waals surface area contributed by atoms with Gasteiger partial charge in [0, 0.05) is 18.0 Å². The maximum absolute atomic E-state index is 12.2. The number of nitrogens with zero attached hydrogens (tertiary/aromatic N) is 1. The van der Waals surface area contributed by atoms with Crippen LogP contribution in [0.3, 0.4) is 0 Å². The highest BCUT2D eigenvalue weighted by atomic mass is 19.4. The Morgan fingerprint density at radius 2 is 1.84 bits per heavy atom. The van der Waals surface area contributed by atoms with Crippen molar-refractivity contribution in [2.24, 2.45) is 0 Å². The predicted octanol–water partition coefficient (Wildman–Crippen LogP) is 3.54. The molecule has 19 heavy (non-hydrogen) atoms. The third-order valence-electron chi connectivity index (χ3n) is 2.45. The fraction of sp³-hybridized carbons (Fsp3) is 0.154. The smallest absolute Gasteiger partial charge is 0.404 e. The Bertz CT molecular complexity index is 597. The number of anilines is 1. The average molecular weight is 268 g/mol. The summed E-state index contributed by atoms with van der Waals surface area (Å²) in [5.41, 5.74) is 7.57. The molecule has 0 amide bonds. The molecule has 0 radical (unpaired) electrons. The molecular formula is C13H11F3N2O. The minimum atomic E-state index is -4.77. The Labute approximate surface area is 107 Å². The second-order valence-corrected chi connectivity index (χ2v) is 4.05. The van der Waals surface area contributed by atoms with Gasteiger partial charge in [-0.2, -0.15) is 0 Å².